The highest BCUT2D eigenvalue weighted by Crippen LogP contribution is 2.24. The highest BCUT2D eigenvalue weighted by molar-refractivity contribution is 5.80. The summed E-state index contributed by atoms with van der Waals surface area (Å²) >= 11 is 0. The van der Waals surface area contributed by atoms with Gasteiger partial charge in [-0.3, -0.25) is 4.57 Å². The number of pyridine rings is 1. The monoisotopic (exact) mass is 255 g/mol. The number of fused-ring (bicyclic) bond motifs is 1. The maximum Gasteiger partial charge on any atom is 0.320 e. The largest absolute Gasteiger partial charge is 0.383 e. The van der Waals surface area contributed by atoms with Crippen LogP contribution in [0.1, 0.15) is 12.1 Å². The van der Waals surface area contributed by atoms with Crippen LogP contribution in [0.5, 0.6) is 0 Å². The molecule has 6 heteroatoms. The molecule has 0 amide bonds. The van der Waals surface area contributed by atoms with Crippen LogP contribution in [-0.4, -0.2) is 29.8 Å². The van der Waals surface area contributed by atoms with Gasteiger partial charge in [0.25, 0.3) is 0 Å². The molecule has 0 aliphatic carbocycles. The van der Waals surface area contributed by atoms with E-state index in [2.05, 4.69) is 10.3 Å². The maximum absolute atomic E-state index is 12.8. The molecule has 2 aromatic heterocycles. The van der Waals surface area contributed by atoms with Crippen molar-refractivity contribution in [2.45, 2.75) is 13.1 Å². The molecule has 0 spiro atoms. The molecule has 0 atom stereocenters. The molecule has 1 N–H and O–H groups in total. The number of hydrogen-bond donors (Lipinski definition) is 1. The second-order valence-corrected chi connectivity index (χ2v) is 3.88. The van der Waals surface area contributed by atoms with Gasteiger partial charge in [0, 0.05) is 38.0 Å². The Hall–Kier alpha value is -1.53. The average Bonchev–Trinajstić information content (AvgIpc) is 2.74. The van der Waals surface area contributed by atoms with Crippen molar-refractivity contribution in [1.29, 1.82) is 0 Å². The fourth-order valence-electron chi connectivity index (χ4n) is 1.84. The molecule has 0 aliphatic heterocycles. The molecule has 2 aromatic rings. The van der Waals surface area contributed by atoms with Crippen LogP contribution in [0.4, 0.5) is 8.78 Å². The molecule has 2 rings (SSSR count). The van der Waals surface area contributed by atoms with E-state index in [0.29, 0.717) is 25.3 Å². The first-order chi connectivity index (χ1) is 8.74. The SMILES string of the molecule is COCCNCc1cn(C(F)F)c2ncccc12. The van der Waals surface area contributed by atoms with Gasteiger partial charge in [0.15, 0.2) is 0 Å². The number of ether oxygens (including phenoxy) is 1. The summed E-state index contributed by atoms with van der Waals surface area (Å²) < 4.78 is 31.5. The molecule has 18 heavy (non-hydrogen) atoms. The lowest BCUT2D eigenvalue weighted by molar-refractivity contribution is 0.0745. The molecular weight excluding hydrogens is 240 g/mol. The van der Waals surface area contributed by atoms with Gasteiger partial charge in [0.1, 0.15) is 5.65 Å². The number of hydrogen-bond acceptors (Lipinski definition) is 3. The predicted molar refractivity (Wildman–Crippen MR) is 64.6 cm³/mol. The predicted octanol–water partition coefficient (Wildman–Crippen LogP) is 2.17. The Kier molecular flexibility index (Phi) is 4.22. The quantitative estimate of drug-likeness (QED) is 0.804. The van der Waals surface area contributed by atoms with Crippen LogP contribution in [0.15, 0.2) is 24.5 Å². The van der Waals surface area contributed by atoms with Crippen LogP contribution in [0, 0.1) is 0 Å². The number of aromatic nitrogens is 2. The highest BCUT2D eigenvalue weighted by atomic mass is 19.3. The zero-order chi connectivity index (χ0) is 13.0. The van der Waals surface area contributed by atoms with Crippen LogP contribution >= 0.6 is 0 Å². The average molecular weight is 255 g/mol. The van der Waals surface area contributed by atoms with Crippen LogP contribution in [0.2, 0.25) is 0 Å². The molecule has 98 valence electrons. The van der Waals surface area contributed by atoms with E-state index in [4.69, 9.17) is 4.74 Å². The third kappa shape index (κ3) is 2.65. The van der Waals surface area contributed by atoms with Gasteiger partial charge in [0.05, 0.1) is 6.61 Å². The zero-order valence-corrected chi connectivity index (χ0v) is 10.1. The molecule has 0 fully saturated rings. The molecule has 0 saturated heterocycles. The number of halogens is 2. The summed E-state index contributed by atoms with van der Waals surface area (Å²) in [5.74, 6) is 0. The molecular formula is C12H15F2N3O. The third-order valence-corrected chi connectivity index (χ3v) is 2.68. The van der Waals surface area contributed by atoms with Gasteiger partial charge in [-0.05, 0) is 17.7 Å². The second-order valence-electron chi connectivity index (χ2n) is 3.88. The van der Waals surface area contributed by atoms with Crippen molar-refractivity contribution in [3.05, 3.63) is 30.1 Å². The molecule has 0 radical (unpaired) electrons. The zero-order valence-electron chi connectivity index (χ0n) is 10.1. The van der Waals surface area contributed by atoms with Crippen molar-refractivity contribution in [3.8, 4) is 0 Å². The summed E-state index contributed by atoms with van der Waals surface area (Å²) in [5, 5.41) is 3.89. The van der Waals surface area contributed by atoms with Crippen LogP contribution in [0.3, 0.4) is 0 Å². The minimum absolute atomic E-state index is 0.316. The molecule has 0 aromatic carbocycles. The van der Waals surface area contributed by atoms with Crippen LogP contribution in [0.25, 0.3) is 11.0 Å². The lowest BCUT2D eigenvalue weighted by Crippen LogP contribution is -2.18. The van der Waals surface area contributed by atoms with Gasteiger partial charge in [-0.2, -0.15) is 8.78 Å². The standard InChI is InChI=1S/C12H15F2N3O/c1-18-6-5-15-7-9-8-17(12(13)14)11-10(9)3-2-4-16-11/h2-4,8,12,15H,5-7H2,1H3. The van der Waals surface area contributed by atoms with Crippen molar-refractivity contribution in [1.82, 2.24) is 14.9 Å². The van der Waals surface area contributed by atoms with Crippen molar-refractivity contribution < 1.29 is 13.5 Å². The Bertz CT molecular complexity index is 513. The molecule has 2 heterocycles. The van der Waals surface area contributed by atoms with Gasteiger partial charge < -0.3 is 10.1 Å². The molecule has 0 aliphatic rings. The highest BCUT2D eigenvalue weighted by Gasteiger charge is 2.14. The minimum atomic E-state index is -2.57. The third-order valence-electron chi connectivity index (χ3n) is 2.68. The summed E-state index contributed by atoms with van der Waals surface area (Å²) in [5.41, 5.74) is 1.13. The smallest absolute Gasteiger partial charge is 0.320 e. The van der Waals surface area contributed by atoms with E-state index in [1.807, 2.05) is 0 Å². The fraction of sp³-hybridized carbons (Fsp3) is 0.417. The Balaban J connectivity index is 2.22. The van der Waals surface area contributed by atoms with Gasteiger partial charge in [-0.15, -0.1) is 0 Å². The molecule has 0 unspecified atom stereocenters. The van der Waals surface area contributed by atoms with E-state index in [-0.39, 0.29) is 0 Å². The van der Waals surface area contributed by atoms with E-state index in [0.717, 1.165) is 15.5 Å². The van der Waals surface area contributed by atoms with E-state index < -0.39 is 6.55 Å². The van der Waals surface area contributed by atoms with E-state index in [1.165, 1.54) is 12.4 Å². The van der Waals surface area contributed by atoms with E-state index >= 15 is 0 Å². The van der Waals surface area contributed by atoms with Crippen molar-refractivity contribution >= 4 is 11.0 Å². The van der Waals surface area contributed by atoms with E-state index in [9.17, 15) is 8.78 Å². The summed E-state index contributed by atoms with van der Waals surface area (Å²) in [7, 11) is 1.62. The first-order valence-corrected chi connectivity index (χ1v) is 5.66. The number of rotatable bonds is 6. The minimum Gasteiger partial charge on any atom is -0.383 e. The summed E-state index contributed by atoms with van der Waals surface area (Å²) in [6.45, 7) is -0.787. The van der Waals surface area contributed by atoms with Gasteiger partial charge in [-0.25, -0.2) is 4.98 Å². The lowest BCUT2D eigenvalue weighted by Gasteiger charge is -2.02. The van der Waals surface area contributed by atoms with Gasteiger partial charge in [0.2, 0.25) is 0 Å². The van der Waals surface area contributed by atoms with Crippen molar-refractivity contribution in [2.24, 2.45) is 0 Å². The van der Waals surface area contributed by atoms with E-state index in [1.54, 1.807) is 19.2 Å². The first-order valence-electron chi connectivity index (χ1n) is 5.66. The van der Waals surface area contributed by atoms with Gasteiger partial charge in [-0.1, -0.05) is 0 Å². The van der Waals surface area contributed by atoms with Gasteiger partial charge >= 0.3 is 6.55 Å². The van der Waals surface area contributed by atoms with Crippen molar-refractivity contribution in [3.63, 3.8) is 0 Å². The first kappa shape index (κ1) is 12.9. The Morgan fingerprint density at radius 2 is 2.33 bits per heavy atom. The number of nitrogens with one attached hydrogen (secondary N) is 1. The number of nitrogens with zero attached hydrogens (tertiary/aromatic N) is 2. The lowest BCUT2D eigenvalue weighted by atomic mass is 10.2. The fourth-order valence-corrected chi connectivity index (χ4v) is 1.84. The normalized spacial score (nSPS) is 11.6. The summed E-state index contributed by atoms with van der Waals surface area (Å²) in [6, 6.07) is 3.55. The topological polar surface area (TPSA) is 39.1 Å². The van der Waals surface area contributed by atoms with Crippen molar-refractivity contribution in [2.75, 3.05) is 20.3 Å². The molecule has 4 nitrogen and oxygen atoms in total. The number of methoxy groups -OCH3 is 1. The summed E-state index contributed by atoms with van der Waals surface area (Å²) in [6.07, 6.45) is 2.96. The Labute approximate surface area is 104 Å². The Morgan fingerprint density at radius 3 is 3.06 bits per heavy atom. The second kappa shape index (κ2) is 5.88. The summed E-state index contributed by atoms with van der Waals surface area (Å²) in [4.78, 5) is 4.00. The number of alkyl halides is 2. The molecule has 0 bridgehead atoms. The van der Waals surface area contributed by atoms with Crippen LogP contribution in [-0.2, 0) is 11.3 Å². The van der Waals surface area contributed by atoms with Crippen LogP contribution < -0.4 is 5.32 Å². The Morgan fingerprint density at radius 1 is 1.50 bits per heavy atom. The maximum atomic E-state index is 12.8. The molecule has 0 saturated carbocycles.